The molecule has 0 aromatic carbocycles. The first kappa shape index (κ1) is 11.2. The van der Waals surface area contributed by atoms with Gasteiger partial charge in [0.15, 0.2) is 0 Å². The van der Waals surface area contributed by atoms with E-state index in [4.69, 9.17) is 0 Å². The Bertz CT molecular complexity index is 221. The van der Waals surface area contributed by atoms with E-state index in [2.05, 4.69) is 40.1 Å². The third kappa shape index (κ3) is 2.78. The van der Waals surface area contributed by atoms with Crippen LogP contribution in [0.1, 0.15) is 31.7 Å². The second-order valence-electron chi connectivity index (χ2n) is 3.44. The van der Waals surface area contributed by atoms with Crippen LogP contribution in [0.15, 0.2) is 11.6 Å². The average Bonchev–Trinajstić information content (AvgIpc) is 2.67. The fourth-order valence-corrected chi connectivity index (χ4v) is 3.18. The molecule has 0 spiro atoms. The van der Waals surface area contributed by atoms with E-state index in [9.17, 15) is 0 Å². The van der Waals surface area contributed by atoms with Crippen LogP contribution in [-0.4, -0.2) is 10.3 Å². The van der Waals surface area contributed by atoms with Crippen LogP contribution in [0.25, 0.3) is 0 Å². The molecule has 1 rings (SSSR count). The molecule has 0 unspecified atom stereocenters. The zero-order chi connectivity index (χ0) is 9.73. The normalized spacial score (nSPS) is 11.9. The predicted octanol–water partition coefficient (Wildman–Crippen LogP) is 3.89. The smallest absolute Gasteiger partial charge is 0.0930 e. The van der Waals surface area contributed by atoms with Gasteiger partial charge in [-0.3, -0.25) is 0 Å². The minimum absolute atomic E-state index is 0.415. The number of thiazole rings is 1. The standard InChI is InChI=1S/C10H16BrNS/c1-3-10(4-2,8-11)7-9-12-5-6-13-9/h5-6H,3-4,7-8H2,1-2H3. The Kier molecular flexibility index (Phi) is 4.39. The highest BCUT2D eigenvalue weighted by Gasteiger charge is 2.25. The largest absolute Gasteiger partial charge is 0.250 e. The molecule has 1 heterocycles. The zero-order valence-corrected chi connectivity index (χ0v) is 10.6. The van der Waals surface area contributed by atoms with E-state index in [0.29, 0.717) is 5.41 Å². The van der Waals surface area contributed by atoms with Gasteiger partial charge in [-0.2, -0.15) is 0 Å². The van der Waals surface area contributed by atoms with Crippen LogP contribution in [0.5, 0.6) is 0 Å². The molecule has 0 amide bonds. The Morgan fingerprint density at radius 1 is 1.46 bits per heavy atom. The Hall–Kier alpha value is 0.110. The van der Waals surface area contributed by atoms with Crippen molar-refractivity contribution < 1.29 is 0 Å². The van der Waals surface area contributed by atoms with E-state index >= 15 is 0 Å². The van der Waals surface area contributed by atoms with Crippen molar-refractivity contribution in [3.05, 3.63) is 16.6 Å². The van der Waals surface area contributed by atoms with Gasteiger partial charge in [0.05, 0.1) is 5.01 Å². The average molecular weight is 262 g/mol. The fraction of sp³-hybridized carbons (Fsp3) is 0.700. The highest BCUT2D eigenvalue weighted by Crippen LogP contribution is 2.33. The summed E-state index contributed by atoms with van der Waals surface area (Å²) in [6.07, 6.45) is 5.44. The molecule has 0 bridgehead atoms. The van der Waals surface area contributed by atoms with Crippen molar-refractivity contribution in [2.75, 3.05) is 5.33 Å². The van der Waals surface area contributed by atoms with Gasteiger partial charge in [-0.15, -0.1) is 11.3 Å². The minimum atomic E-state index is 0.415. The molecule has 13 heavy (non-hydrogen) atoms. The lowest BCUT2D eigenvalue weighted by atomic mass is 9.82. The number of hydrogen-bond acceptors (Lipinski definition) is 2. The molecule has 0 radical (unpaired) electrons. The van der Waals surface area contributed by atoms with E-state index in [0.717, 1.165) is 11.8 Å². The van der Waals surface area contributed by atoms with Gasteiger partial charge in [0.25, 0.3) is 0 Å². The molecule has 0 N–H and O–H groups in total. The number of aromatic nitrogens is 1. The maximum Gasteiger partial charge on any atom is 0.0930 e. The summed E-state index contributed by atoms with van der Waals surface area (Å²) in [5.74, 6) is 0. The van der Waals surface area contributed by atoms with Gasteiger partial charge in [-0.25, -0.2) is 4.98 Å². The Morgan fingerprint density at radius 3 is 2.54 bits per heavy atom. The molecule has 0 saturated heterocycles. The SMILES string of the molecule is CCC(CC)(CBr)Cc1nccs1. The Labute approximate surface area is 92.7 Å². The summed E-state index contributed by atoms with van der Waals surface area (Å²) in [5.41, 5.74) is 0.415. The second kappa shape index (κ2) is 5.11. The fourth-order valence-electron chi connectivity index (χ4n) is 1.40. The van der Waals surface area contributed by atoms with Crippen molar-refractivity contribution in [1.82, 2.24) is 4.98 Å². The maximum absolute atomic E-state index is 4.34. The van der Waals surface area contributed by atoms with Gasteiger partial charge in [-0.1, -0.05) is 29.8 Å². The van der Waals surface area contributed by atoms with Gasteiger partial charge in [0.1, 0.15) is 0 Å². The van der Waals surface area contributed by atoms with Crippen LogP contribution in [0, 0.1) is 5.41 Å². The third-order valence-electron chi connectivity index (χ3n) is 2.79. The molecule has 1 aromatic rings. The van der Waals surface area contributed by atoms with E-state index in [1.807, 2.05) is 6.20 Å². The van der Waals surface area contributed by atoms with Crippen LogP contribution < -0.4 is 0 Å². The van der Waals surface area contributed by atoms with Crippen LogP contribution in [0.4, 0.5) is 0 Å². The highest BCUT2D eigenvalue weighted by atomic mass is 79.9. The Morgan fingerprint density at radius 2 is 2.15 bits per heavy atom. The summed E-state index contributed by atoms with van der Waals surface area (Å²) in [7, 11) is 0. The topological polar surface area (TPSA) is 12.9 Å². The number of halogens is 1. The second-order valence-corrected chi connectivity index (χ2v) is 4.98. The van der Waals surface area contributed by atoms with Crippen molar-refractivity contribution in [2.24, 2.45) is 5.41 Å². The first-order valence-corrected chi connectivity index (χ1v) is 6.71. The monoisotopic (exact) mass is 261 g/mol. The molecule has 1 nitrogen and oxygen atoms in total. The van der Waals surface area contributed by atoms with Crippen LogP contribution in [-0.2, 0) is 6.42 Å². The summed E-state index contributed by atoms with van der Waals surface area (Å²) in [6, 6.07) is 0. The molecule has 1 aromatic heterocycles. The van der Waals surface area contributed by atoms with Gasteiger partial charge < -0.3 is 0 Å². The molecule has 74 valence electrons. The van der Waals surface area contributed by atoms with Gasteiger partial charge in [0, 0.05) is 23.3 Å². The van der Waals surface area contributed by atoms with E-state index in [1.165, 1.54) is 17.8 Å². The molecule has 0 fully saturated rings. The molecule has 3 heteroatoms. The van der Waals surface area contributed by atoms with Gasteiger partial charge >= 0.3 is 0 Å². The van der Waals surface area contributed by atoms with Crippen molar-refractivity contribution in [3.63, 3.8) is 0 Å². The lowest BCUT2D eigenvalue weighted by Crippen LogP contribution is -2.23. The summed E-state index contributed by atoms with van der Waals surface area (Å²) in [5, 5.41) is 4.40. The van der Waals surface area contributed by atoms with E-state index in [1.54, 1.807) is 11.3 Å². The third-order valence-corrected chi connectivity index (χ3v) is 4.76. The van der Waals surface area contributed by atoms with Crippen molar-refractivity contribution in [1.29, 1.82) is 0 Å². The highest BCUT2D eigenvalue weighted by molar-refractivity contribution is 9.09. The van der Waals surface area contributed by atoms with Crippen LogP contribution in [0.2, 0.25) is 0 Å². The number of hydrogen-bond donors (Lipinski definition) is 0. The lowest BCUT2D eigenvalue weighted by molar-refractivity contribution is 0.306. The minimum Gasteiger partial charge on any atom is -0.250 e. The van der Waals surface area contributed by atoms with Crippen molar-refractivity contribution >= 4 is 27.3 Å². The molecular weight excluding hydrogens is 246 g/mol. The lowest BCUT2D eigenvalue weighted by Gasteiger charge is -2.28. The molecule has 0 atom stereocenters. The quantitative estimate of drug-likeness (QED) is 0.734. The van der Waals surface area contributed by atoms with E-state index < -0.39 is 0 Å². The number of nitrogens with zero attached hydrogens (tertiary/aromatic N) is 1. The summed E-state index contributed by atoms with van der Waals surface area (Å²) >= 11 is 5.38. The number of rotatable bonds is 5. The van der Waals surface area contributed by atoms with Gasteiger partial charge in [-0.05, 0) is 18.3 Å². The van der Waals surface area contributed by atoms with Crippen LogP contribution in [0.3, 0.4) is 0 Å². The first-order chi connectivity index (χ1) is 6.26. The predicted molar refractivity (Wildman–Crippen MR) is 62.6 cm³/mol. The summed E-state index contributed by atoms with van der Waals surface area (Å²) in [6.45, 7) is 4.52. The summed E-state index contributed by atoms with van der Waals surface area (Å²) in [4.78, 5) is 4.34. The van der Waals surface area contributed by atoms with Crippen molar-refractivity contribution in [2.45, 2.75) is 33.1 Å². The molecule has 0 aliphatic rings. The van der Waals surface area contributed by atoms with Gasteiger partial charge in [0.2, 0.25) is 0 Å². The zero-order valence-electron chi connectivity index (χ0n) is 8.22. The molecule has 0 aliphatic heterocycles. The molecular formula is C10H16BrNS. The Balaban J connectivity index is 2.67. The van der Waals surface area contributed by atoms with Crippen LogP contribution >= 0.6 is 27.3 Å². The molecule has 0 aliphatic carbocycles. The number of alkyl halides is 1. The van der Waals surface area contributed by atoms with Crippen molar-refractivity contribution in [3.8, 4) is 0 Å². The maximum atomic E-state index is 4.34. The summed E-state index contributed by atoms with van der Waals surface area (Å²) < 4.78 is 0. The van der Waals surface area contributed by atoms with E-state index in [-0.39, 0.29) is 0 Å². The first-order valence-electron chi connectivity index (χ1n) is 4.70. The molecule has 0 saturated carbocycles.